The van der Waals surface area contributed by atoms with Crippen LogP contribution in [0.2, 0.25) is 0 Å². The minimum Gasteiger partial charge on any atom is -0.449 e. The molecule has 0 aromatic rings. The second-order valence-corrected chi connectivity index (χ2v) is 6.84. The van der Waals surface area contributed by atoms with Crippen molar-refractivity contribution in [3.63, 3.8) is 0 Å². The number of carbonyl (C=O) groups is 2. The summed E-state index contributed by atoms with van der Waals surface area (Å²) >= 11 is 0. The Labute approximate surface area is 135 Å². The van der Waals surface area contributed by atoms with E-state index >= 15 is 0 Å². The summed E-state index contributed by atoms with van der Waals surface area (Å²) in [5.74, 6) is 0.0903. The molecule has 1 atom stereocenters. The summed E-state index contributed by atoms with van der Waals surface area (Å²) < 4.78 is 5.26. The lowest BCUT2D eigenvalue weighted by Crippen LogP contribution is -2.35. The molecule has 0 aromatic carbocycles. The first kappa shape index (κ1) is 20.4. The third kappa shape index (κ3) is 11.1. The largest absolute Gasteiger partial charge is 0.449 e. The van der Waals surface area contributed by atoms with Crippen LogP contribution in [0.3, 0.4) is 0 Å². The molecule has 0 heterocycles. The Morgan fingerprint density at radius 2 is 1.95 bits per heavy atom. The summed E-state index contributed by atoms with van der Waals surface area (Å²) in [5.41, 5.74) is 0.931. The SMILES string of the molecule is C=CCCC(C)(C)COC(=O)NC(C)CCC(=O)C=C(C)C. The van der Waals surface area contributed by atoms with Crippen LogP contribution >= 0.6 is 0 Å². The van der Waals surface area contributed by atoms with E-state index in [0.29, 0.717) is 19.4 Å². The number of hydrogen-bond donors (Lipinski definition) is 1. The predicted molar refractivity (Wildman–Crippen MR) is 90.8 cm³/mol. The molecule has 0 aliphatic carbocycles. The Morgan fingerprint density at radius 3 is 2.50 bits per heavy atom. The minimum atomic E-state index is -0.422. The lowest BCUT2D eigenvalue weighted by molar-refractivity contribution is -0.114. The normalized spacial score (nSPS) is 12.2. The van der Waals surface area contributed by atoms with Gasteiger partial charge in [-0.3, -0.25) is 4.79 Å². The zero-order valence-corrected chi connectivity index (χ0v) is 14.7. The van der Waals surface area contributed by atoms with E-state index in [0.717, 1.165) is 18.4 Å². The molecule has 0 saturated carbocycles. The molecule has 126 valence electrons. The van der Waals surface area contributed by atoms with Crippen LogP contribution in [-0.4, -0.2) is 24.5 Å². The second-order valence-electron chi connectivity index (χ2n) is 6.84. The third-order valence-corrected chi connectivity index (χ3v) is 3.26. The van der Waals surface area contributed by atoms with Gasteiger partial charge in [0.05, 0.1) is 6.61 Å². The van der Waals surface area contributed by atoms with Crippen LogP contribution in [0, 0.1) is 5.41 Å². The number of hydrogen-bond acceptors (Lipinski definition) is 3. The van der Waals surface area contributed by atoms with Gasteiger partial charge in [0.25, 0.3) is 0 Å². The highest BCUT2D eigenvalue weighted by Gasteiger charge is 2.20. The number of ether oxygens (including phenoxy) is 1. The van der Waals surface area contributed by atoms with Gasteiger partial charge in [-0.15, -0.1) is 6.58 Å². The van der Waals surface area contributed by atoms with E-state index in [-0.39, 0.29) is 17.2 Å². The van der Waals surface area contributed by atoms with E-state index in [1.165, 1.54) is 0 Å². The summed E-state index contributed by atoms with van der Waals surface area (Å²) in [4.78, 5) is 23.3. The molecule has 0 aliphatic rings. The van der Waals surface area contributed by atoms with E-state index in [2.05, 4.69) is 25.7 Å². The first-order valence-electron chi connectivity index (χ1n) is 7.88. The Morgan fingerprint density at radius 1 is 1.32 bits per heavy atom. The number of amides is 1. The van der Waals surface area contributed by atoms with Crippen molar-refractivity contribution in [3.05, 3.63) is 24.3 Å². The number of carbonyl (C=O) groups excluding carboxylic acids is 2. The van der Waals surface area contributed by atoms with Crippen molar-refractivity contribution in [3.8, 4) is 0 Å². The lowest BCUT2D eigenvalue weighted by Gasteiger charge is -2.24. The number of rotatable bonds is 10. The second kappa shape index (κ2) is 10.2. The molecule has 1 unspecified atom stereocenters. The molecule has 0 spiro atoms. The highest BCUT2D eigenvalue weighted by molar-refractivity contribution is 5.90. The molecule has 0 aliphatic heterocycles. The number of alkyl carbamates (subject to hydrolysis) is 1. The molecule has 0 saturated heterocycles. The summed E-state index contributed by atoms with van der Waals surface area (Å²) in [7, 11) is 0. The molecule has 1 N–H and O–H groups in total. The van der Waals surface area contributed by atoms with Crippen molar-refractivity contribution < 1.29 is 14.3 Å². The zero-order valence-electron chi connectivity index (χ0n) is 14.7. The van der Waals surface area contributed by atoms with Crippen LogP contribution in [0.25, 0.3) is 0 Å². The van der Waals surface area contributed by atoms with Gasteiger partial charge < -0.3 is 10.1 Å². The van der Waals surface area contributed by atoms with Crippen LogP contribution in [0.4, 0.5) is 4.79 Å². The Balaban J connectivity index is 4.03. The maximum absolute atomic E-state index is 11.7. The van der Waals surface area contributed by atoms with Gasteiger partial charge in [0.1, 0.15) is 0 Å². The van der Waals surface area contributed by atoms with Crippen molar-refractivity contribution in [2.45, 2.75) is 66.3 Å². The lowest BCUT2D eigenvalue weighted by atomic mass is 9.89. The standard InChI is InChI=1S/C18H31NO3/c1-7-8-11-18(5,6)13-22-17(21)19-15(4)9-10-16(20)12-14(2)3/h7,12,15H,1,8-11,13H2,2-6H3,(H,19,21). The average molecular weight is 309 g/mol. The topological polar surface area (TPSA) is 55.4 Å². The fourth-order valence-corrected chi connectivity index (χ4v) is 1.89. The quantitative estimate of drug-likeness (QED) is 0.480. The molecule has 0 fully saturated rings. The van der Waals surface area contributed by atoms with Crippen molar-refractivity contribution in [1.29, 1.82) is 0 Å². The fraction of sp³-hybridized carbons (Fsp3) is 0.667. The molecule has 22 heavy (non-hydrogen) atoms. The van der Waals surface area contributed by atoms with Gasteiger partial charge in [-0.05, 0) is 51.5 Å². The highest BCUT2D eigenvalue weighted by atomic mass is 16.5. The predicted octanol–water partition coefficient (Wildman–Crippen LogP) is 4.41. The van der Waals surface area contributed by atoms with Crippen LogP contribution in [-0.2, 0) is 9.53 Å². The summed E-state index contributed by atoms with van der Waals surface area (Å²) in [6.45, 7) is 13.9. The number of nitrogens with one attached hydrogen (secondary N) is 1. The highest BCUT2D eigenvalue weighted by Crippen LogP contribution is 2.22. The summed E-state index contributed by atoms with van der Waals surface area (Å²) in [6.07, 6.45) is 5.95. The van der Waals surface area contributed by atoms with Gasteiger partial charge in [-0.1, -0.05) is 25.5 Å². The van der Waals surface area contributed by atoms with Crippen molar-refractivity contribution in [2.75, 3.05) is 6.61 Å². The van der Waals surface area contributed by atoms with Gasteiger partial charge in [0, 0.05) is 12.5 Å². The third-order valence-electron chi connectivity index (χ3n) is 3.26. The van der Waals surface area contributed by atoms with E-state index in [4.69, 9.17) is 4.74 Å². The Kier molecular flexibility index (Phi) is 9.46. The van der Waals surface area contributed by atoms with Gasteiger partial charge in [0.2, 0.25) is 0 Å². The summed E-state index contributed by atoms with van der Waals surface area (Å²) in [5, 5.41) is 2.76. The Hall–Kier alpha value is -1.58. The van der Waals surface area contributed by atoms with Crippen LogP contribution < -0.4 is 5.32 Å². The molecule has 4 heteroatoms. The first-order valence-corrected chi connectivity index (χ1v) is 7.88. The first-order chi connectivity index (χ1) is 10.2. The molecule has 4 nitrogen and oxygen atoms in total. The van der Waals surface area contributed by atoms with Crippen LogP contribution in [0.15, 0.2) is 24.3 Å². The molecule has 0 bridgehead atoms. The molecule has 1 amide bonds. The average Bonchev–Trinajstić information content (AvgIpc) is 2.40. The van der Waals surface area contributed by atoms with E-state index in [9.17, 15) is 9.59 Å². The minimum absolute atomic E-state index is 0.0613. The van der Waals surface area contributed by atoms with E-state index in [1.54, 1.807) is 6.08 Å². The molecule has 0 aromatic heterocycles. The smallest absolute Gasteiger partial charge is 0.407 e. The summed E-state index contributed by atoms with van der Waals surface area (Å²) in [6, 6.07) is -0.0849. The molecular formula is C18H31NO3. The maximum atomic E-state index is 11.7. The number of ketones is 1. The Bertz CT molecular complexity index is 407. The zero-order chi connectivity index (χ0) is 17.2. The van der Waals surface area contributed by atoms with Crippen LogP contribution in [0.5, 0.6) is 0 Å². The van der Waals surface area contributed by atoms with Gasteiger partial charge in [-0.25, -0.2) is 4.79 Å². The van der Waals surface area contributed by atoms with Gasteiger partial charge in [0.15, 0.2) is 5.78 Å². The van der Waals surface area contributed by atoms with Gasteiger partial charge >= 0.3 is 6.09 Å². The molecule has 0 rings (SSSR count). The maximum Gasteiger partial charge on any atom is 0.407 e. The van der Waals surface area contributed by atoms with Crippen molar-refractivity contribution in [1.82, 2.24) is 5.32 Å². The molecule has 0 radical (unpaired) electrons. The van der Waals surface area contributed by atoms with Gasteiger partial charge in [-0.2, -0.15) is 0 Å². The van der Waals surface area contributed by atoms with Crippen LogP contribution in [0.1, 0.15) is 60.3 Å². The fourth-order valence-electron chi connectivity index (χ4n) is 1.89. The monoisotopic (exact) mass is 309 g/mol. The van der Waals surface area contributed by atoms with Crippen molar-refractivity contribution >= 4 is 11.9 Å². The van der Waals surface area contributed by atoms with E-state index < -0.39 is 6.09 Å². The number of allylic oxidation sites excluding steroid dienone is 3. The molecular weight excluding hydrogens is 278 g/mol. The van der Waals surface area contributed by atoms with Crippen molar-refractivity contribution in [2.24, 2.45) is 5.41 Å². The van der Waals surface area contributed by atoms with E-state index in [1.807, 2.05) is 26.8 Å².